The zero-order chi connectivity index (χ0) is 9.97. The second-order valence-electron chi connectivity index (χ2n) is 4.59. The van der Waals surface area contributed by atoms with E-state index in [9.17, 15) is 5.11 Å². The molecule has 2 aliphatic rings. The largest absolute Gasteiger partial charge is 0.393 e. The van der Waals surface area contributed by atoms with Crippen LogP contribution in [0.2, 0.25) is 0 Å². The first-order chi connectivity index (χ1) is 6.81. The van der Waals surface area contributed by atoms with Crippen LogP contribution in [0.4, 0.5) is 0 Å². The van der Waals surface area contributed by atoms with Gasteiger partial charge in [0, 0.05) is 12.1 Å². The summed E-state index contributed by atoms with van der Waals surface area (Å²) in [7, 11) is 0. The fraction of sp³-hybridized carbons (Fsp3) is 1.00. The van der Waals surface area contributed by atoms with Gasteiger partial charge in [0.25, 0.3) is 0 Å². The molecule has 2 unspecified atom stereocenters. The van der Waals surface area contributed by atoms with E-state index in [4.69, 9.17) is 0 Å². The van der Waals surface area contributed by atoms with Gasteiger partial charge < -0.3 is 5.11 Å². The molecule has 0 aliphatic carbocycles. The second kappa shape index (κ2) is 4.86. The molecule has 1 N–H and O–H groups in total. The zero-order valence-electron chi connectivity index (χ0n) is 8.98. The lowest BCUT2D eigenvalue weighted by molar-refractivity contribution is 0.0358. The van der Waals surface area contributed by atoms with E-state index in [2.05, 4.69) is 11.2 Å². The van der Waals surface area contributed by atoms with Crippen LogP contribution in [0, 0.1) is 0 Å². The fourth-order valence-corrected chi connectivity index (χ4v) is 3.42. The molecule has 0 aromatic rings. The molecule has 2 saturated heterocycles. The Morgan fingerprint density at radius 1 is 1.29 bits per heavy atom. The number of piperidine rings is 1. The van der Waals surface area contributed by atoms with Crippen LogP contribution >= 0.6 is 11.8 Å². The van der Waals surface area contributed by atoms with E-state index in [-0.39, 0.29) is 6.10 Å². The van der Waals surface area contributed by atoms with Crippen LogP contribution < -0.4 is 0 Å². The van der Waals surface area contributed by atoms with Gasteiger partial charge in [-0.15, -0.1) is 0 Å². The molecule has 2 rings (SSSR count). The number of rotatable bonds is 4. The number of fused-ring (bicyclic) bond motifs is 2. The first-order valence-corrected chi connectivity index (χ1v) is 7.13. The Kier molecular flexibility index (Phi) is 3.74. The molecule has 2 fully saturated rings. The molecule has 0 aromatic carbocycles. The van der Waals surface area contributed by atoms with Gasteiger partial charge in [-0.3, -0.25) is 4.90 Å². The van der Waals surface area contributed by atoms with Crippen LogP contribution in [0.5, 0.6) is 0 Å². The van der Waals surface area contributed by atoms with Crippen molar-refractivity contribution in [1.82, 2.24) is 4.90 Å². The van der Waals surface area contributed by atoms with Gasteiger partial charge in [-0.05, 0) is 50.7 Å². The van der Waals surface area contributed by atoms with Gasteiger partial charge >= 0.3 is 0 Å². The fourth-order valence-electron chi connectivity index (χ4n) is 3.00. The van der Waals surface area contributed by atoms with Gasteiger partial charge in [0.15, 0.2) is 0 Å². The number of aliphatic hydroxyl groups is 1. The van der Waals surface area contributed by atoms with Crippen molar-refractivity contribution >= 4 is 11.8 Å². The maximum Gasteiger partial charge on any atom is 0.0570 e. The maximum atomic E-state index is 9.65. The molecule has 14 heavy (non-hydrogen) atoms. The maximum absolute atomic E-state index is 9.65. The van der Waals surface area contributed by atoms with E-state index in [1.165, 1.54) is 31.6 Å². The molecule has 82 valence electrons. The molecule has 0 radical (unpaired) electrons. The molecule has 0 spiro atoms. The normalized spacial score (nSPS) is 37.7. The first-order valence-electron chi connectivity index (χ1n) is 5.74. The molecule has 2 atom stereocenters. The van der Waals surface area contributed by atoms with Crippen molar-refractivity contribution in [3.05, 3.63) is 0 Å². The lowest BCUT2D eigenvalue weighted by Gasteiger charge is -2.37. The topological polar surface area (TPSA) is 23.5 Å². The summed E-state index contributed by atoms with van der Waals surface area (Å²) in [5, 5.41) is 9.65. The Labute approximate surface area is 91.1 Å². The smallest absolute Gasteiger partial charge is 0.0570 e. The Bertz CT molecular complexity index is 174. The first kappa shape index (κ1) is 10.8. The summed E-state index contributed by atoms with van der Waals surface area (Å²) in [5.41, 5.74) is 0. The molecule has 0 saturated carbocycles. The molecule has 2 bridgehead atoms. The van der Waals surface area contributed by atoms with E-state index in [0.717, 1.165) is 12.8 Å². The standard InChI is InChI=1S/C11H21NOS/c1-14-6-2-5-12-9-3-4-10(12)8-11(13)7-9/h9-11,13H,2-8H2,1H3. The highest BCUT2D eigenvalue weighted by Gasteiger charge is 2.39. The van der Waals surface area contributed by atoms with E-state index < -0.39 is 0 Å². The highest BCUT2D eigenvalue weighted by atomic mass is 32.2. The minimum atomic E-state index is -0.00991. The van der Waals surface area contributed by atoms with Crippen LogP contribution in [0.15, 0.2) is 0 Å². The van der Waals surface area contributed by atoms with E-state index >= 15 is 0 Å². The summed E-state index contributed by atoms with van der Waals surface area (Å²) in [6.45, 7) is 1.25. The summed E-state index contributed by atoms with van der Waals surface area (Å²) < 4.78 is 0. The molecule has 2 heterocycles. The molecule has 0 aromatic heterocycles. The average Bonchev–Trinajstić information content (AvgIpc) is 2.42. The highest BCUT2D eigenvalue weighted by molar-refractivity contribution is 7.98. The number of thioether (sulfide) groups is 1. The van der Waals surface area contributed by atoms with Crippen LogP contribution in [-0.2, 0) is 0 Å². The van der Waals surface area contributed by atoms with Crippen LogP contribution in [0.3, 0.4) is 0 Å². The van der Waals surface area contributed by atoms with E-state index in [1.807, 2.05) is 11.8 Å². The minimum absolute atomic E-state index is 0.00991. The van der Waals surface area contributed by atoms with Crippen molar-refractivity contribution in [3.63, 3.8) is 0 Å². The average molecular weight is 215 g/mol. The highest BCUT2D eigenvalue weighted by Crippen LogP contribution is 2.35. The molecule has 2 nitrogen and oxygen atoms in total. The third kappa shape index (κ3) is 2.26. The van der Waals surface area contributed by atoms with E-state index in [1.54, 1.807) is 0 Å². The molecular weight excluding hydrogens is 194 g/mol. The van der Waals surface area contributed by atoms with Crippen molar-refractivity contribution in [3.8, 4) is 0 Å². The lowest BCUT2D eigenvalue weighted by Crippen LogP contribution is -2.45. The predicted octanol–water partition coefficient (Wildman–Crippen LogP) is 1.73. The molecule has 2 aliphatic heterocycles. The molecule has 0 amide bonds. The van der Waals surface area contributed by atoms with Gasteiger partial charge in [0.1, 0.15) is 0 Å². The van der Waals surface area contributed by atoms with Crippen LogP contribution in [-0.4, -0.2) is 46.7 Å². The second-order valence-corrected chi connectivity index (χ2v) is 5.58. The summed E-state index contributed by atoms with van der Waals surface area (Å²) in [5.74, 6) is 1.28. The van der Waals surface area contributed by atoms with Crippen molar-refractivity contribution in [2.75, 3.05) is 18.6 Å². The lowest BCUT2D eigenvalue weighted by atomic mass is 10.00. The summed E-state index contributed by atoms with van der Waals surface area (Å²) in [6.07, 6.45) is 8.16. The van der Waals surface area contributed by atoms with Crippen molar-refractivity contribution in [1.29, 1.82) is 0 Å². The van der Waals surface area contributed by atoms with Crippen molar-refractivity contribution in [2.45, 2.75) is 50.3 Å². The van der Waals surface area contributed by atoms with Gasteiger partial charge in [-0.1, -0.05) is 0 Å². The Morgan fingerprint density at radius 2 is 1.93 bits per heavy atom. The Balaban J connectivity index is 1.82. The van der Waals surface area contributed by atoms with Gasteiger partial charge in [0.05, 0.1) is 6.10 Å². The monoisotopic (exact) mass is 215 g/mol. The summed E-state index contributed by atoms with van der Waals surface area (Å²) >= 11 is 1.94. The van der Waals surface area contributed by atoms with Gasteiger partial charge in [-0.2, -0.15) is 11.8 Å². The third-order valence-corrected chi connectivity index (χ3v) is 4.32. The Hall–Kier alpha value is 0.270. The SMILES string of the molecule is CSCCCN1C2CCC1CC(O)C2. The van der Waals surface area contributed by atoms with Gasteiger partial charge in [0.2, 0.25) is 0 Å². The summed E-state index contributed by atoms with van der Waals surface area (Å²) in [6, 6.07) is 1.40. The zero-order valence-corrected chi connectivity index (χ0v) is 9.80. The third-order valence-electron chi connectivity index (χ3n) is 3.62. The van der Waals surface area contributed by atoms with Crippen molar-refractivity contribution < 1.29 is 5.11 Å². The molecular formula is C11H21NOS. The number of hydrogen-bond donors (Lipinski definition) is 1. The molecule has 3 heteroatoms. The van der Waals surface area contributed by atoms with E-state index in [0.29, 0.717) is 12.1 Å². The number of nitrogens with zero attached hydrogens (tertiary/aromatic N) is 1. The number of hydrogen-bond acceptors (Lipinski definition) is 3. The van der Waals surface area contributed by atoms with Crippen LogP contribution in [0.25, 0.3) is 0 Å². The predicted molar refractivity (Wildman–Crippen MR) is 61.8 cm³/mol. The summed E-state index contributed by atoms with van der Waals surface area (Å²) in [4.78, 5) is 2.66. The minimum Gasteiger partial charge on any atom is -0.393 e. The van der Waals surface area contributed by atoms with Gasteiger partial charge in [-0.25, -0.2) is 0 Å². The number of aliphatic hydroxyl groups excluding tert-OH is 1. The quantitative estimate of drug-likeness (QED) is 0.722. The Morgan fingerprint density at radius 3 is 2.50 bits per heavy atom. The van der Waals surface area contributed by atoms with Crippen molar-refractivity contribution in [2.24, 2.45) is 0 Å². The van der Waals surface area contributed by atoms with Crippen LogP contribution in [0.1, 0.15) is 32.1 Å².